The van der Waals surface area contributed by atoms with Crippen LogP contribution < -0.4 is 0 Å². The lowest BCUT2D eigenvalue weighted by Crippen LogP contribution is -2.36. The molecule has 1 saturated heterocycles. The Morgan fingerprint density at radius 2 is 2.00 bits per heavy atom. The van der Waals surface area contributed by atoms with Gasteiger partial charge in [0.25, 0.3) is 0 Å². The van der Waals surface area contributed by atoms with E-state index in [-0.39, 0.29) is 6.10 Å². The molecule has 1 unspecified atom stereocenters. The summed E-state index contributed by atoms with van der Waals surface area (Å²) in [7, 11) is 0. The number of nitrogens with zero attached hydrogens (tertiary/aromatic N) is 1. The van der Waals surface area contributed by atoms with Crippen molar-refractivity contribution < 1.29 is 5.11 Å². The van der Waals surface area contributed by atoms with E-state index in [0.717, 1.165) is 37.2 Å². The van der Waals surface area contributed by atoms with Crippen LogP contribution in [0, 0.1) is 5.92 Å². The van der Waals surface area contributed by atoms with Crippen LogP contribution >= 0.6 is 15.9 Å². The average Bonchev–Trinajstić information content (AvgIpc) is 2.17. The van der Waals surface area contributed by atoms with Gasteiger partial charge < -0.3 is 10.0 Å². The number of hydrogen-bond donors (Lipinski definition) is 1. The van der Waals surface area contributed by atoms with Crippen molar-refractivity contribution in [1.82, 2.24) is 4.90 Å². The highest BCUT2D eigenvalue weighted by Crippen LogP contribution is 2.14. The molecule has 14 heavy (non-hydrogen) atoms. The van der Waals surface area contributed by atoms with Crippen molar-refractivity contribution in [3.63, 3.8) is 0 Å². The topological polar surface area (TPSA) is 23.5 Å². The maximum Gasteiger partial charge on any atom is 0.0564 e. The number of aliphatic hydroxyl groups excluding tert-OH is 1. The quantitative estimate of drug-likeness (QED) is 0.770. The second-order valence-corrected chi connectivity index (χ2v) is 5.24. The highest BCUT2D eigenvalue weighted by atomic mass is 79.9. The Morgan fingerprint density at radius 1 is 1.36 bits per heavy atom. The van der Waals surface area contributed by atoms with Gasteiger partial charge in [0.1, 0.15) is 0 Å². The first-order chi connectivity index (χ1) is 6.72. The van der Waals surface area contributed by atoms with Crippen LogP contribution in [0.3, 0.4) is 0 Å². The number of likely N-dealkylation sites (tertiary alicyclic amines) is 1. The summed E-state index contributed by atoms with van der Waals surface area (Å²) in [4.78, 5) is 2.48. The molecule has 2 nitrogen and oxygen atoms in total. The molecule has 84 valence electrons. The predicted octanol–water partition coefficient (Wildman–Crippen LogP) is 2.25. The van der Waals surface area contributed by atoms with Gasteiger partial charge in [-0.2, -0.15) is 0 Å². The van der Waals surface area contributed by atoms with E-state index in [0.29, 0.717) is 0 Å². The van der Waals surface area contributed by atoms with Gasteiger partial charge in [-0.05, 0) is 38.1 Å². The number of rotatable bonds is 5. The van der Waals surface area contributed by atoms with E-state index in [1.54, 1.807) is 0 Å². The monoisotopic (exact) mass is 263 g/mol. The van der Waals surface area contributed by atoms with Crippen LogP contribution in [0.15, 0.2) is 0 Å². The third-order valence-corrected chi connectivity index (χ3v) is 3.55. The maximum atomic E-state index is 9.36. The van der Waals surface area contributed by atoms with E-state index < -0.39 is 0 Å². The summed E-state index contributed by atoms with van der Waals surface area (Å²) in [5, 5.41) is 10.5. The number of halogens is 1. The van der Waals surface area contributed by atoms with E-state index in [2.05, 4.69) is 27.8 Å². The molecule has 1 rings (SSSR count). The van der Waals surface area contributed by atoms with Crippen LogP contribution in [0.25, 0.3) is 0 Å². The van der Waals surface area contributed by atoms with Crippen LogP contribution in [-0.4, -0.2) is 41.1 Å². The minimum atomic E-state index is -0.0359. The van der Waals surface area contributed by atoms with Crippen LogP contribution in [0.5, 0.6) is 0 Å². The second-order valence-electron chi connectivity index (χ2n) is 4.44. The predicted molar refractivity (Wildman–Crippen MR) is 63.9 cm³/mol. The Bertz CT molecular complexity index is 146. The van der Waals surface area contributed by atoms with E-state index in [1.807, 2.05) is 0 Å². The molecule has 1 aliphatic rings. The molecule has 0 amide bonds. The van der Waals surface area contributed by atoms with Gasteiger partial charge in [-0.25, -0.2) is 0 Å². The fourth-order valence-corrected chi connectivity index (χ4v) is 2.66. The van der Waals surface area contributed by atoms with E-state index in [9.17, 15) is 5.11 Å². The van der Waals surface area contributed by atoms with Gasteiger partial charge in [-0.3, -0.25) is 0 Å². The highest BCUT2D eigenvalue weighted by Gasteiger charge is 2.16. The summed E-state index contributed by atoms with van der Waals surface area (Å²) in [6, 6.07) is 0. The van der Waals surface area contributed by atoms with Crippen LogP contribution in [0.2, 0.25) is 0 Å². The van der Waals surface area contributed by atoms with Crippen LogP contribution in [0.1, 0.15) is 32.6 Å². The molecule has 1 atom stereocenters. The fourth-order valence-electron chi connectivity index (χ4n) is 1.88. The van der Waals surface area contributed by atoms with Crippen molar-refractivity contribution in [1.29, 1.82) is 0 Å². The van der Waals surface area contributed by atoms with Crippen molar-refractivity contribution in [3.8, 4) is 0 Å². The summed E-state index contributed by atoms with van der Waals surface area (Å²) in [5.41, 5.74) is 0. The molecule has 0 saturated carbocycles. The smallest absolute Gasteiger partial charge is 0.0564 e. The number of aliphatic hydroxyl groups is 1. The molecule has 1 heterocycles. The Morgan fingerprint density at radius 3 is 2.57 bits per heavy atom. The summed E-state index contributed by atoms with van der Waals surface area (Å²) in [6.07, 6.45) is 4.46. The van der Waals surface area contributed by atoms with Crippen molar-refractivity contribution >= 4 is 15.9 Å². The first-order valence-corrected chi connectivity index (χ1v) is 6.81. The summed E-state index contributed by atoms with van der Waals surface area (Å²) in [5.74, 6) is 0.821. The zero-order chi connectivity index (χ0) is 10.4. The molecule has 0 radical (unpaired) electrons. The molecular formula is C11H22BrNO. The first-order valence-electron chi connectivity index (χ1n) is 5.68. The van der Waals surface area contributed by atoms with Gasteiger partial charge in [0, 0.05) is 18.4 Å². The normalized spacial score (nSPS) is 22.5. The van der Waals surface area contributed by atoms with Crippen molar-refractivity contribution in [2.24, 2.45) is 5.92 Å². The third kappa shape index (κ3) is 4.76. The summed E-state index contributed by atoms with van der Waals surface area (Å²) < 4.78 is 0. The Kier molecular flexibility index (Phi) is 6.06. The van der Waals surface area contributed by atoms with Crippen molar-refractivity contribution in [3.05, 3.63) is 0 Å². The summed E-state index contributed by atoms with van der Waals surface area (Å²) >= 11 is 3.48. The van der Waals surface area contributed by atoms with Gasteiger partial charge in [0.15, 0.2) is 0 Å². The number of piperidine rings is 1. The fraction of sp³-hybridized carbons (Fsp3) is 1.00. The Hall–Kier alpha value is 0.400. The van der Waals surface area contributed by atoms with Gasteiger partial charge in [-0.15, -0.1) is 0 Å². The lowest BCUT2D eigenvalue weighted by atomic mass is 10.0. The molecule has 3 heteroatoms. The lowest BCUT2D eigenvalue weighted by Gasteiger charge is -2.30. The first kappa shape index (κ1) is 12.5. The third-order valence-electron chi connectivity index (χ3n) is 3.10. The molecule has 1 N–H and O–H groups in total. The van der Waals surface area contributed by atoms with Crippen LogP contribution in [0.4, 0.5) is 0 Å². The van der Waals surface area contributed by atoms with E-state index in [4.69, 9.17) is 0 Å². The zero-order valence-corrected chi connectivity index (χ0v) is 10.7. The number of alkyl halides is 1. The van der Waals surface area contributed by atoms with E-state index >= 15 is 0 Å². The standard InChI is InChI=1S/C11H22BrNO/c1-10(2-6-12)3-7-13-8-4-11(14)5-9-13/h10-11,14H,2-9H2,1H3. The lowest BCUT2D eigenvalue weighted by molar-refractivity contribution is 0.0801. The average molecular weight is 264 g/mol. The van der Waals surface area contributed by atoms with E-state index in [1.165, 1.54) is 19.4 Å². The van der Waals surface area contributed by atoms with Crippen LogP contribution in [-0.2, 0) is 0 Å². The molecule has 1 fully saturated rings. The van der Waals surface area contributed by atoms with Gasteiger partial charge in [0.05, 0.1) is 6.10 Å². The molecule has 0 spiro atoms. The molecule has 0 aliphatic carbocycles. The van der Waals surface area contributed by atoms with Crippen molar-refractivity contribution in [2.75, 3.05) is 25.0 Å². The highest BCUT2D eigenvalue weighted by molar-refractivity contribution is 9.09. The molecule has 0 aromatic carbocycles. The molecule has 0 aromatic heterocycles. The van der Waals surface area contributed by atoms with Gasteiger partial charge in [-0.1, -0.05) is 22.9 Å². The number of hydrogen-bond acceptors (Lipinski definition) is 2. The summed E-state index contributed by atoms with van der Waals surface area (Å²) in [6.45, 7) is 5.70. The molecule has 0 aromatic rings. The van der Waals surface area contributed by atoms with Gasteiger partial charge >= 0.3 is 0 Å². The molecule has 0 bridgehead atoms. The zero-order valence-electron chi connectivity index (χ0n) is 9.08. The molecule has 1 aliphatic heterocycles. The Balaban J connectivity index is 2.06. The SMILES string of the molecule is CC(CCBr)CCN1CCC(O)CC1. The van der Waals surface area contributed by atoms with Gasteiger partial charge in [0.2, 0.25) is 0 Å². The molecular weight excluding hydrogens is 242 g/mol. The minimum Gasteiger partial charge on any atom is -0.393 e. The largest absolute Gasteiger partial charge is 0.393 e. The minimum absolute atomic E-state index is 0.0359. The van der Waals surface area contributed by atoms with Crippen molar-refractivity contribution in [2.45, 2.75) is 38.7 Å². The maximum absolute atomic E-state index is 9.36. The Labute approximate surface area is 95.8 Å². The second kappa shape index (κ2) is 6.81.